The first kappa shape index (κ1) is 23.6. The molecule has 1 aromatic heterocycles. The molecule has 9 nitrogen and oxygen atoms in total. The van der Waals surface area contributed by atoms with E-state index in [0.717, 1.165) is 24.0 Å². The van der Waals surface area contributed by atoms with Crippen molar-refractivity contribution in [3.63, 3.8) is 0 Å². The lowest BCUT2D eigenvalue weighted by atomic mass is 10.1. The molecule has 4 rings (SSSR count). The summed E-state index contributed by atoms with van der Waals surface area (Å²) in [6.07, 6.45) is 0.516. The van der Waals surface area contributed by atoms with E-state index in [2.05, 4.69) is 14.7 Å². The summed E-state index contributed by atoms with van der Waals surface area (Å²) < 4.78 is 30.2. The molecule has 0 spiro atoms. The number of carbonyl (C=O) groups excluding carboxylic acids is 2. The predicted octanol–water partition coefficient (Wildman–Crippen LogP) is 3.37. The van der Waals surface area contributed by atoms with Crippen LogP contribution < -0.4 is 14.8 Å². The van der Waals surface area contributed by atoms with Crippen LogP contribution in [0.3, 0.4) is 0 Å². The zero-order valence-corrected chi connectivity index (χ0v) is 19.4. The molecule has 1 atom stereocenters. The van der Waals surface area contributed by atoms with E-state index >= 15 is 0 Å². The number of nitrogens with zero attached hydrogens (tertiary/aromatic N) is 3. The highest BCUT2D eigenvalue weighted by Gasteiger charge is 2.23. The highest BCUT2D eigenvalue weighted by atomic mass is 32.1. The van der Waals surface area contributed by atoms with Gasteiger partial charge in [0.15, 0.2) is 24.3 Å². The van der Waals surface area contributed by atoms with Gasteiger partial charge in [-0.15, -0.1) is 0 Å². The summed E-state index contributed by atoms with van der Waals surface area (Å²) in [5, 5.41) is 10.5. The lowest BCUT2D eigenvalue weighted by Gasteiger charge is -2.30. The van der Waals surface area contributed by atoms with E-state index in [9.17, 15) is 14.0 Å². The minimum Gasteiger partial charge on any atom is -0.483 e. The number of aromatic nitrogens is 2. The van der Waals surface area contributed by atoms with E-state index in [1.165, 1.54) is 30.3 Å². The topological polar surface area (TPSA) is 117 Å². The molecular formula is C23H24FN4O5S+. The van der Waals surface area contributed by atoms with Crippen LogP contribution in [-0.4, -0.2) is 57.0 Å². The molecule has 0 unspecified atom stereocenters. The Balaban J connectivity index is 1.58. The van der Waals surface area contributed by atoms with Gasteiger partial charge in [-0.25, -0.2) is 9.37 Å². The van der Waals surface area contributed by atoms with E-state index in [1.54, 1.807) is 18.7 Å². The number of hydrogen-bond donors (Lipinski definition) is 1. The molecule has 0 radical (unpaired) electrons. The van der Waals surface area contributed by atoms with Gasteiger partial charge in [0.1, 0.15) is 17.3 Å². The van der Waals surface area contributed by atoms with Gasteiger partial charge in [0.2, 0.25) is 5.13 Å². The molecule has 1 aliphatic rings. The molecule has 1 fully saturated rings. The highest BCUT2D eigenvalue weighted by molar-refractivity contribution is 7.09. The monoisotopic (exact) mass is 487 g/mol. The van der Waals surface area contributed by atoms with Crippen LogP contribution in [-0.2, 0) is 0 Å². The van der Waals surface area contributed by atoms with Crippen molar-refractivity contribution >= 4 is 28.5 Å². The Hall–Kier alpha value is -3.57. The lowest BCUT2D eigenvalue weighted by Crippen LogP contribution is -2.42. The fourth-order valence-corrected chi connectivity index (χ4v) is 3.74. The van der Waals surface area contributed by atoms with E-state index in [-0.39, 0.29) is 35.1 Å². The molecule has 0 aliphatic carbocycles. The quantitative estimate of drug-likeness (QED) is 0.487. The molecule has 0 saturated carbocycles. The fraction of sp³-hybridized carbons (Fsp3) is 0.304. The number of rotatable bonds is 8. The highest BCUT2D eigenvalue weighted by Crippen LogP contribution is 2.31. The summed E-state index contributed by atoms with van der Waals surface area (Å²) in [5.41, 5.74) is 0.445. The smallest absolute Gasteiger partial charge is 0.257 e. The number of nitrogens with one attached hydrogen (secondary N) is 1. The van der Waals surface area contributed by atoms with Gasteiger partial charge in [0, 0.05) is 41.8 Å². The maximum atomic E-state index is 14.8. The van der Waals surface area contributed by atoms with Crippen LogP contribution in [0.15, 0.2) is 36.4 Å². The Morgan fingerprint density at radius 2 is 1.97 bits per heavy atom. The van der Waals surface area contributed by atoms with E-state index < -0.39 is 17.8 Å². The summed E-state index contributed by atoms with van der Waals surface area (Å²) in [5.74, 6) is -0.500. The second kappa shape index (κ2) is 10.1. The first-order chi connectivity index (χ1) is 16.3. The minimum atomic E-state index is -0.701. The fourth-order valence-electron chi connectivity index (χ4n) is 3.17. The van der Waals surface area contributed by atoms with Crippen molar-refractivity contribution in [1.82, 2.24) is 14.3 Å². The van der Waals surface area contributed by atoms with Crippen molar-refractivity contribution in [2.24, 2.45) is 0 Å². The van der Waals surface area contributed by atoms with Gasteiger partial charge in [-0.1, -0.05) is 0 Å². The van der Waals surface area contributed by atoms with Crippen molar-refractivity contribution < 1.29 is 28.6 Å². The van der Waals surface area contributed by atoms with Crippen LogP contribution in [0.4, 0.5) is 9.52 Å². The summed E-state index contributed by atoms with van der Waals surface area (Å²) >= 11 is 1.05. The molecule has 0 bridgehead atoms. The largest absolute Gasteiger partial charge is 0.483 e. The molecule has 2 heterocycles. The zero-order chi connectivity index (χ0) is 24.2. The van der Waals surface area contributed by atoms with Gasteiger partial charge in [0.05, 0.1) is 0 Å². The average Bonchev–Trinajstić information content (AvgIpc) is 3.18. The van der Waals surface area contributed by atoms with Crippen LogP contribution in [0.1, 0.15) is 39.9 Å². The maximum absolute atomic E-state index is 14.8. The maximum Gasteiger partial charge on any atom is 0.257 e. The van der Waals surface area contributed by atoms with E-state index in [1.807, 2.05) is 0 Å². The number of likely N-dealkylation sites (tertiary alicyclic amines) is 1. The van der Waals surface area contributed by atoms with Gasteiger partial charge < -0.3 is 19.5 Å². The Labute approximate surface area is 199 Å². The number of amides is 2. The van der Waals surface area contributed by atoms with Crippen molar-refractivity contribution in [2.75, 3.05) is 25.0 Å². The SMILES string of the molecule is Cc1nsc(NC(=O)c2cc(Oc3ccc(C(=O)N4CCC4)cc3F)cc(O[C@@H](C)C[OH2+])c2)n1. The number of carbonyl (C=O) groups is 2. The summed E-state index contributed by atoms with van der Waals surface area (Å²) in [4.78, 5) is 30.9. The molecule has 11 heteroatoms. The molecule has 1 aliphatic heterocycles. The number of aryl methyl sites for hydroxylation is 1. The molecule has 2 amide bonds. The number of anilines is 1. The minimum absolute atomic E-state index is 0.0117. The second-order valence-corrected chi connectivity index (χ2v) is 8.57. The van der Waals surface area contributed by atoms with Crippen molar-refractivity contribution in [3.8, 4) is 17.2 Å². The molecule has 3 N–H and O–H groups in total. The number of hydrogen-bond acceptors (Lipinski definition) is 7. The average molecular weight is 488 g/mol. The first-order valence-electron chi connectivity index (χ1n) is 10.7. The normalized spacial score (nSPS) is 13.7. The molecular weight excluding hydrogens is 463 g/mol. The van der Waals surface area contributed by atoms with Crippen molar-refractivity contribution in [2.45, 2.75) is 26.4 Å². The van der Waals surface area contributed by atoms with Crippen LogP contribution in [0.25, 0.3) is 0 Å². The van der Waals surface area contributed by atoms with Crippen molar-refractivity contribution in [3.05, 3.63) is 59.2 Å². The lowest BCUT2D eigenvalue weighted by molar-refractivity contribution is 0.0651. The third-order valence-electron chi connectivity index (χ3n) is 5.06. The van der Waals surface area contributed by atoms with Gasteiger partial charge >= 0.3 is 0 Å². The third-order valence-corrected chi connectivity index (χ3v) is 5.79. The number of ether oxygens (including phenoxy) is 2. The summed E-state index contributed by atoms with van der Waals surface area (Å²) in [7, 11) is 0. The second-order valence-electron chi connectivity index (χ2n) is 7.82. The Kier molecular flexibility index (Phi) is 7.03. The van der Waals surface area contributed by atoms with E-state index in [0.29, 0.717) is 29.8 Å². The van der Waals surface area contributed by atoms with Crippen LogP contribution in [0.2, 0.25) is 0 Å². The van der Waals surface area contributed by atoms with Gasteiger partial charge in [-0.05, 0) is 50.6 Å². The molecule has 2 aromatic carbocycles. The van der Waals surface area contributed by atoms with E-state index in [4.69, 9.17) is 14.6 Å². The third kappa shape index (κ3) is 5.49. The number of benzene rings is 2. The zero-order valence-electron chi connectivity index (χ0n) is 18.6. The van der Waals surface area contributed by atoms with Gasteiger partial charge in [-0.2, -0.15) is 4.37 Å². The van der Waals surface area contributed by atoms with Crippen LogP contribution in [0.5, 0.6) is 17.2 Å². The molecule has 1 saturated heterocycles. The molecule has 34 heavy (non-hydrogen) atoms. The predicted molar refractivity (Wildman–Crippen MR) is 125 cm³/mol. The Morgan fingerprint density at radius 1 is 1.21 bits per heavy atom. The van der Waals surface area contributed by atoms with Crippen molar-refractivity contribution in [1.29, 1.82) is 0 Å². The summed E-state index contributed by atoms with van der Waals surface area (Å²) in [6, 6.07) is 8.49. The standard InChI is InChI=1S/C23H23FN4O5S/c1-13(12-29)32-17-8-16(21(30)26-23-25-14(2)27-34-23)9-18(11-17)33-20-5-4-15(10-19(20)24)22(31)28-6-3-7-28/h4-5,8-11,13,29H,3,6-7,12H2,1-2H3,(H,25,26,27,30)/p+1/t13-/m0/s1. The molecule has 178 valence electrons. The first-order valence-corrected chi connectivity index (χ1v) is 11.4. The Bertz CT molecular complexity index is 1210. The van der Waals surface area contributed by atoms with Crippen LogP contribution >= 0.6 is 11.5 Å². The number of halogens is 1. The van der Waals surface area contributed by atoms with Crippen LogP contribution in [0, 0.1) is 12.7 Å². The van der Waals surface area contributed by atoms with Gasteiger partial charge in [0.25, 0.3) is 11.8 Å². The summed E-state index contributed by atoms with van der Waals surface area (Å²) in [6.45, 7) is 4.79. The molecule has 3 aromatic rings. The Morgan fingerprint density at radius 3 is 2.59 bits per heavy atom. The van der Waals surface area contributed by atoms with Gasteiger partial charge in [-0.3, -0.25) is 14.9 Å².